The Morgan fingerprint density at radius 2 is 2.04 bits per heavy atom. The molecular weight excluding hydrogens is 306 g/mol. The zero-order valence-corrected chi connectivity index (χ0v) is 13.1. The number of furan rings is 1. The molecule has 3 heterocycles. The monoisotopic (exact) mass is 323 g/mol. The molecule has 1 aliphatic carbocycles. The number of hydrogen-bond donors (Lipinski definition) is 1. The summed E-state index contributed by atoms with van der Waals surface area (Å²) in [5.74, 6) is 1.05. The van der Waals surface area contributed by atoms with E-state index in [4.69, 9.17) is 14.4 Å². The van der Waals surface area contributed by atoms with E-state index in [9.17, 15) is 9.90 Å². The van der Waals surface area contributed by atoms with Crippen LogP contribution in [0.3, 0.4) is 0 Å². The first-order valence-electron chi connectivity index (χ1n) is 8.41. The predicted octanol–water partition coefficient (Wildman–Crippen LogP) is 3.31. The van der Waals surface area contributed by atoms with Crippen molar-refractivity contribution < 1.29 is 14.3 Å². The maximum Gasteiger partial charge on any atom is 0.326 e. The van der Waals surface area contributed by atoms with E-state index in [1.54, 1.807) is 0 Å². The molecule has 2 aliphatic rings. The number of hydrogen-bond acceptors (Lipinski definition) is 5. The Labute approximate surface area is 138 Å². The van der Waals surface area contributed by atoms with Gasteiger partial charge in [-0.1, -0.05) is 12.1 Å². The minimum atomic E-state index is -0.802. The van der Waals surface area contributed by atoms with Crippen LogP contribution in [0.5, 0.6) is 0 Å². The molecule has 1 saturated heterocycles. The summed E-state index contributed by atoms with van der Waals surface area (Å²) in [6.45, 7) is 0.685. The zero-order valence-electron chi connectivity index (χ0n) is 13.1. The molecule has 24 heavy (non-hydrogen) atoms. The summed E-state index contributed by atoms with van der Waals surface area (Å²) in [6, 6.07) is 7.26. The number of carbonyl (C=O) groups is 1. The third-order valence-corrected chi connectivity index (χ3v) is 4.97. The average molecular weight is 323 g/mol. The largest absolute Gasteiger partial charge is 0.480 e. The lowest BCUT2D eigenvalue weighted by Crippen LogP contribution is -2.36. The van der Waals surface area contributed by atoms with E-state index < -0.39 is 12.0 Å². The summed E-state index contributed by atoms with van der Waals surface area (Å²) in [5, 5.41) is 10.5. The molecule has 2 aromatic heterocycles. The molecule has 0 radical (unpaired) electrons. The van der Waals surface area contributed by atoms with Crippen LogP contribution in [0.4, 0.5) is 5.82 Å². The van der Waals surface area contributed by atoms with Gasteiger partial charge in [0.05, 0.1) is 0 Å². The number of benzene rings is 1. The van der Waals surface area contributed by atoms with Gasteiger partial charge in [-0.2, -0.15) is 0 Å². The van der Waals surface area contributed by atoms with Crippen LogP contribution in [0, 0.1) is 0 Å². The quantitative estimate of drug-likeness (QED) is 0.796. The molecule has 0 amide bonds. The van der Waals surface area contributed by atoms with E-state index in [-0.39, 0.29) is 0 Å². The second-order valence-electron chi connectivity index (χ2n) is 6.65. The molecule has 1 atom stereocenters. The van der Waals surface area contributed by atoms with Crippen molar-refractivity contribution in [2.24, 2.45) is 0 Å². The van der Waals surface area contributed by atoms with E-state index in [1.165, 1.54) is 0 Å². The Balaban J connectivity index is 1.78. The van der Waals surface area contributed by atoms with E-state index in [1.807, 2.05) is 29.2 Å². The van der Waals surface area contributed by atoms with Crippen molar-refractivity contribution in [3.63, 3.8) is 0 Å². The van der Waals surface area contributed by atoms with Crippen molar-refractivity contribution in [2.75, 3.05) is 11.4 Å². The van der Waals surface area contributed by atoms with Gasteiger partial charge in [-0.25, -0.2) is 14.8 Å². The van der Waals surface area contributed by atoms with E-state index in [0.29, 0.717) is 30.3 Å². The molecule has 6 nitrogen and oxygen atoms in total. The van der Waals surface area contributed by atoms with Crippen LogP contribution < -0.4 is 4.90 Å². The maximum atomic E-state index is 11.6. The second kappa shape index (κ2) is 4.93. The van der Waals surface area contributed by atoms with Crippen molar-refractivity contribution in [1.29, 1.82) is 0 Å². The first kappa shape index (κ1) is 13.8. The third kappa shape index (κ3) is 1.99. The fraction of sp³-hybridized carbons (Fsp3) is 0.389. The minimum Gasteiger partial charge on any atom is -0.480 e. The number of anilines is 1. The third-order valence-electron chi connectivity index (χ3n) is 4.97. The minimum absolute atomic E-state index is 0.396. The molecule has 5 rings (SSSR count). The van der Waals surface area contributed by atoms with Crippen LogP contribution in [0.25, 0.3) is 22.1 Å². The summed E-state index contributed by atoms with van der Waals surface area (Å²) in [7, 11) is 0. The van der Waals surface area contributed by atoms with Crippen LogP contribution in [0.1, 0.15) is 37.4 Å². The van der Waals surface area contributed by atoms with Gasteiger partial charge in [0.15, 0.2) is 11.4 Å². The molecule has 1 saturated carbocycles. The zero-order chi connectivity index (χ0) is 16.3. The maximum absolute atomic E-state index is 11.6. The Kier molecular flexibility index (Phi) is 2.83. The molecular formula is C18H17N3O3. The first-order valence-corrected chi connectivity index (χ1v) is 8.41. The lowest BCUT2D eigenvalue weighted by molar-refractivity contribution is -0.138. The molecule has 1 N–H and O–H groups in total. The molecule has 0 unspecified atom stereocenters. The molecule has 3 aromatic rings. The van der Waals surface area contributed by atoms with Crippen molar-refractivity contribution in [1.82, 2.24) is 9.97 Å². The van der Waals surface area contributed by atoms with Gasteiger partial charge in [0.25, 0.3) is 0 Å². The molecule has 6 heteroatoms. The Morgan fingerprint density at radius 3 is 2.83 bits per heavy atom. The van der Waals surface area contributed by atoms with Gasteiger partial charge in [-0.3, -0.25) is 0 Å². The van der Waals surface area contributed by atoms with Gasteiger partial charge < -0.3 is 14.4 Å². The highest BCUT2D eigenvalue weighted by atomic mass is 16.4. The van der Waals surface area contributed by atoms with Gasteiger partial charge in [-0.15, -0.1) is 0 Å². The molecule has 2 fully saturated rings. The standard InChI is InChI=1S/C18H17N3O3/c22-18(23)12-5-3-9-21(12)17-15-14(19-16(20-17)10-7-8-10)11-4-1-2-6-13(11)24-15/h1-2,4,6,10,12H,3,5,7-9H2,(H,22,23)/t12-/m0/s1. The number of aromatic nitrogens is 2. The number of fused-ring (bicyclic) bond motifs is 3. The smallest absolute Gasteiger partial charge is 0.326 e. The van der Waals surface area contributed by atoms with Gasteiger partial charge in [0, 0.05) is 17.8 Å². The van der Waals surface area contributed by atoms with Crippen LogP contribution in [0.15, 0.2) is 28.7 Å². The highest BCUT2D eigenvalue weighted by Gasteiger charge is 2.36. The van der Waals surface area contributed by atoms with Crippen LogP contribution in [0.2, 0.25) is 0 Å². The van der Waals surface area contributed by atoms with E-state index in [2.05, 4.69) is 0 Å². The van der Waals surface area contributed by atoms with E-state index >= 15 is 0 Å². The highest BCUT2D eigenvalue weighted by molar-refractivity contribution is 6.06. The molecule has 1 aliphatic heterocycles. The lowest BCUT2D eigenvalue weighted by Gasteiger charge is -2.22. The van der Waals surface area contributed by atoms with Crippen molar-refractivity contribution >= 4 is 33.9 Å². The van der Waals surface area contributed by atoms with Crippen molar-refractivity contribution in [3.8, 4) is 0 Å². The average Bonchev–Trinajstić information content (AvgIpc) is 3.19. The highest BCUT2D eigenvalue weighted by Crippen LogP contribution is 2.42. The summed E-state index contributed by atoms with van der Waals surface area (Å²) in [6.07, 6.45) is 3.69. The first-order chi connectivity index (χ1) is 11.7. The molecule has 1 aromatic carbocycles. The number of nitrogens with zero attached hydrogens (tertiary/aromatic N) is 3. The topological polar surface area (TPSA) is 79.5 Å². The second-order valence-corrected chi connectivity index (χ2v) is 6.65. The van der Waals surface area contributed by atoms with Gasteiger partial charge in [0.1, 0.15) is 23.0 Å². The fourth-order valence-corrected chi connectivity index (χ4v) is 3.59. The van der Waals surface area contributed by atoms with Crippen LogP contribution in [-0.4, -0.2) is 33.6 Å². The summed E-state index contributed by atoms with van der Waals surface area (Å²) in [4.78, 5) is 23.0. The predicted molar refractivity (Wildman–Crippen MR) is 89.3 cm³/mol. The van der Waals surface area contributed by atoms with Crippen LogP contribution >= 0.6 is 0 Å². The normalized spacial score (nSPS) is 21.0. The lowest BCUT2D eigenvalue weighted by atomic mass is 10.2. The number of rotatable bonds is 3. The number of aliphatic carboxylic acids is 1. The van der Waals surface area contributed by atoms with Gasteiger partial charge >= 0.3 is 5.97 Å². The fourth-order valence-electron chi connectivity index (χ4n) is 3.59. The van der Waals surface area contributed by atoms with Crippen molar-refractivity contribution in [3.05, 3.63) is 30.1 Å². The van der Waals surface area contributed by atoms with Gasteiger partial charge in [0.2, 0.25) is 0 Å². The van der Waals surface area contributed by atoms with E-state index in [0.717, 1.165) is 41.6 Å². The SMILES string of the molecule is O=C(O)[C@@H]1CCCN1c1nc(C2CC2)nc2c1oc1ccccc12. The molecule has 122 valence electrons. The van der Waals surface area contributed by atoms with Gasteiger partial charge in [-0.05, 0) is 37.8 Å². The Morgan fingerprint density at radius 1 is 1.21 bits per heavy atom. The summed E-state index contributed by atoms with van der Waals surface area (Å²) >= 11 is 0. The molecule has 0 bridgehead atoms. The summed E-state index contributed by atoms with van der Waals surface area (Å²) in [5.41, 5.74) is 2.17. The molecule has 0 spiro atoms. The number of para-hydroxylation sites is 1. The van der Waals surface area contributed by atoms with Crippen molar-refractivity contribution in [2.45, 2.75) is 37.6 Å². The summed E-state index contributed by atoms with van der Waals surface area (Å²) < 4.78 is 6.02. The Bertz CT molecular complexity index is 961. The Hall–Kier alpha value is -2.63. The number of carboxylic acids is 1. The number of carboxylic acid groups (broad SMARTS) is 1. The van der Waals surface area contributed by atoms with Crippen LogP contribution in [-0.2, 0) is 4.79 Å².